The van der Waals surface area contributed by atoms with Crippen molar-refractivity contribution >= 4 is 11.9 Å². The van der Waals surface area contributed by atoms with Crippen molar-refractivity contribution in [3.8, 4) is 0 Å². The van der Waals surface area contributed by atoms with Gasteiger partial charge < -0.3 is 25.0 Å². The minimum atomic E-state index is 0.0643. The van der Waals surface area contributed by atoms with Crippen molar-refractivity contribution < 1.29 is 14.3 Å². The number of guanidine groups is 1. The molecule has 7 heteroatoms. The summed E-state index contributed by atoms with van der Waals surface area (Å²) in [4.78, 5) is 18.7. The van der Waals surface area contributed by atoms with E-state index in [0.29, 0.717) is 12.1 Å². The van der Waals surface area contributed by atoms with E-state index in [1.807, 2.05) is 0 Å². The third kappa shape index (κ3) is 7.50. The molecule has 0 bridgehead atoms. The Labute approximate surface area is 157 Å². The van der Waals surface area contributed by atoms with Crippen LogP contribution in [0.15, 0.2) is 4.99 Å². The molecule has 1 saturated carbocycles. The molecule has 0 aromatic heterocycles. The Morgan fingerprint density at radius 2 is 1.85 bits per heavy atom. The van der Waals surface area contributed by atoms with Crippen molar-refractivity contribution in [2.45, 2.75) is 63.5 Å². The first kappa shape index (κ1) is 21.0. The Morgan fingerprint density at radius 3 is 2.50 bits per heavy atom. The van der Waals surface area contributed by atoms with E-state index in [0.717, 1.165) is 64.4 Å². The molecule has 1 aliphatic carbocycles. The number of amides is 1. The lowest BCUT2D eigenvalue weighted by atomic mass is 9.95. The molecule has 2 rings (SSSR count). The van der Waals surface area contributed by atoms with Gasteiger partial charge >= 0.3 is 0 Å². The highest BCUT2D eigenvalue weighted by atomic mass is 16.5. The number of rotatable bonds is 8. The normalized spacial score (nSPS) is 20.2. The molecule has 7 nitrogen and oxygen atoms in total. The second-order valence-electron chi connectivity index (χ2n) is 7.21. The average molecular weight is 369 g/mol. The monoisotopic (exact) mass is 368 g/mol. The molecule has 0 atom stereocenters. The van der Waals surface area contributed by atoms with Gasteiger partial charge in [0.15, 0.2) is 5.96 Å². The summed E-state index contributed by atoms with van der Waals surface area (Å²) in [6, 6.07) is 0.353. The fraction of sp³-hybridized carbons (Fsp3) is 0.895. The van der Waals surface area contributed by atoms with Crippen molar-refractivity contribution in [1.82, 2.24) is 15.5 Å². The summed E-state index contributed by atoms with van der Waals surface area (Å²) < 4.78 is 10.9. The molecule has 0 aromatic rings. The van der Waals surface area contributed by atoms with Gasteiger partial charge in [0.05, 0.1) is 12.6 Å². The van der Waals surface area contributed by atoms with E-state index in [1.54, 1.807) is 14.2 Å². The molecular weight excluding hydrogens is 332 g/mol. The first-order valence-electron chi connectivity index (χ1n) is 10.1. The fourth-order valence-corrected chi connectivity index (χ4v) is 3.70. The van der Waals surface area contributed by atoms with Gasteiger partial charge in [0.25, 0.3) is 0 Å². The maximum atomic E-state index is 12.2. The lowest BCUT2D eigenvalue weighted by molar-refractivity contribution is -0.120. The average Bonchev–Trinajstić information content (AvgIpc) is 2.67. The van der Waals surface area contributed by atoms with Gasteiger partial charge in [-0.15, -0.1) is 0 Å². The van der Waals surface area contributed by atoms with Gasteiger partial charge in [-0.2, -0.15) is 0 Å². The van der Waals surface area contributed by atoms with Crippen LogP contribution in [0.2, 0.25) is 0 Å². The maximum absolute atomic E-state index is 12.2. The Morgan fingerprint density at radius 1 is 1.12 bits per heavy atom. The molecule has 1 amide bonds. The smallest absolute Gasteiger partial charge is 0.239 e. The number of nitrogens with one attached hydrogen (secondary N) is 2. The van der Waals surface area contributed by atoms with Gasteiger partial charge in [-0.05, 0) is 32.1 Å². The quantitative estimate of drug-likeness (QED) is 0.386. The molecule has 0 unspecified atom stereocenters. The first-order valence-corrected chi connectivity index (χ1v) is 10.1. The summed E-state index contributed by atoms with van der Waals surface area (Å²) in [5.74, 6) is 0.871. The minimum absolute atomic E-state index is 0.0643. The maximum Gasteiger partial charge on any atom is 0.239 e. The highest BCUT2D eigenvalue weighted by Crippen LogP contribution is 2.17. The Bertz CT molecular complexity index is 431. The molecule has 0 aromatic carbocycles. The van der Waals surface area contributed by atoms with E-state index in [4.69, 9.17) is 9.47 Å². The predicted octanol–water partition coefficient (Wildman–Crippen LogP) is 1.53. The number of piperidine rings is 1. The Hall–Kier alpha value is -1.34. The van der Waals surface area contributed by atoms with Gasteiger partial charge in [-0.1, -0.05) is 19.3 Å². The summed E-state index contributed by atoms with van der Waals surface area (Å²) in [6.07, 6.45) is 9.20. The second kappa shape index (κ2) is 12.1. The molecule has 2 fully saturated rings. The van der Waals surface area contributed by atoms with Crippen LogP contribution in [-0.2, 0) is 14.3 Å². The number of methoxy groups -OCH3 is 1. The van der Waals surface area contributed by atoms with E-state index in [-0.39, 0.29) is 12.5 Å². The third-order valence-electron chi connectivity index (χ3n) is 5.18. The number of hydrogen-bond donors (Lipinski definition) is 2. The van der Waals surface area contributed by atoms with Crippen molar-refractivity contribution in [1.29, 1.82) is 0 Å². The molecule has 1 saturated heterocycles. The lowest BCUT2D eigenvalue weighted by Crippen LogP contribution is -2.50. The van der Waals surface area contributed by atoms with Gasteiger partial charge in [-0.3, -0.25) is 9.79 Å². The summed E-state index contributed by atoms with van der Waals surface area (Å²) >= 11 is 0. The van der Waals surface area contributed by atoms with Crippen LogP contribution in [0.5, 0.6) is 0 Å². The summed E-state index contributed by atoms with van der Waals surface area (Å²) in [7, 11) is 3.49. The molecular formula is C19H36N4O3. The van der Waals surface area contributed by atoms with Crippen LogP contribution in [-0.4, -0.2) is 75.9 Å². The van der Waals surface area contributed by atoms with E-state index >= 15 is 0 Å². The van der Waals surface area contributed by atoms with E-state index in [2.05, 4.69) is 20.5 Å². The molecule has 0 spiro atoms. The standard InChI is InChI=1S/C19H36N4O3/c1-20-19(21-15-18(24)22-16-7-4-3-5-8-16)23-11-9-17(10-12-23)26-14-6-13-25-2/h16-17H,3-15H2,1-2H3,(H,20,21)(H,22,24). The molecule has 1 aliphatic heterocycles. The third-order valence-corrected chi connectivity index (χ3v) is 5.18. The Kier molecular flexibility index (Phi) is 9.77. The Balaban J connectivity index is 1.63. The number of ether oxygens (including phenoxy) is 2. The van der Waals surface area contributed by atoms with Crippen LogP contribution in [0.4, 0.5) is 0 Å². The second-order valence-corrected chi connectivity index (χ2v) is 7.21. The van der Waals surface area contributed by atoms with Crippen molar-refractivity contribution in [3.63, 3.8) is 0 Å². The number of aliphatic imine (C=N–C) groups is 1. The number of likely N-dealkylation sites (tertiary alicyclic amines) is 1. The van der Waals surface area contributed by atoms with Gasteiger partial charge in [-0.25, -0.2) is 0 Å². The van der Waals surface area contributed by atoms with E-state index in [1.165, 1.54) is 19.3 Å². The fourth-order valence-electron chi connectivity index (χ4n) is 3.70. The first-order chi connectivity index (χ1) is 12.7. The number of nitrogens with zero attached hydrogens (tertiary/aromatic N) is 2. The van der Waals surface area contributed by atoms with Crippen molar-refractivity contribution in [3.05, 3.63) is 0 Å². The van der Waals surface area contributed by atoms with Gasteiger partial charge in [0, 0.05) is 46.5 Å². The van der Waals surface area contributed by atoms with E-state index in [9.17, 15) is 4.79 Å². The van der Waals surface area contributed by atoms with Crippen LogP contribution in [0.3, 0.4) is 0 Å². The van der Waals surface area contributed by atoms with Crippen LogP contribution in [0.1, 0.15) is 51.4 Å². The van der Waals surface area contributed by atoms with E-state index < -0.39 is 0 Å². The van der Waals surface area contributed by atoms with Crippen LogP contribution < -0.4 is 10.6 Å². The van der Waals surface area contributed by atoms with Crippen LogP contribution in [0.25, 0.3) is 0 Å². The molecule has 1 heterocycles. The van der Waals surface area contributed by atoms with Crippen LogP contribution >= 0.6 is 0 Å². The van der Waals surface area contributed by atoms with Crippen molar-refractivity contribution in [2.75, 3.05) is 47.0 Å². The zero-order chi connectivity index (χ0) is 18.6. The number of carbonyl (C=O) groups is 1. The largest absolute Gasteiger partial charge is 0.385 e. The molecule has 150 valence electrons. The van der Waals surface area contributed by atoms with Crippen LogP contribution in [0, 0.1) is 0 Å². The summed E-state index contributed by atoms with van der Waals surface area (Å²) in [6.45, 7) is 3.60. The van der Waals surface area contributed by atoms with Gasteiger partial charge in [0.1, 0.15) is 0 Å². The zero-order valence-electron chi connectivity index (χ0n) is 16.5. The number of carbonyl (C=O) groups excluding carboxylic acids is 1. The summed E-state index contributed by atoms with van der Waals surface area (Å²) in [5.41, 5.74) is 0. The van der Waals surface area contributed by atoms with Gasteiger partial charge in [0.2, 0.25) is 5.91 Å². The molecule has 0 radical (unpaired) electrons. The molecule has 2 N–H and O–H groups in total. The molecule has 26 heavy (non-hydrogen) atoms. The summed E-state index contributed by atoms with van der Waals surface area (Å²) in [5, 5.41) is 6.35. The highest BCUT2D eigenvalue weighted by Gasteiger charge is 2.22. The topological polar surface area (TPSA) is 75.2 Å². The van der Waals surface area contributed by atoms with Crippen molar-refractivity contribution in [2.24, 2.45) is 4.99 Å². The lowest BCUT2D eigenvalue weighted by Gasteiger charge is -2.34. The molecule has 2 aliphatic rings. The number of hydrogen-bond acceptors (Lipinski definition) is 4. The minimum Gasteiger partial charge on any atom is -0.385 e. The highest BCUT2D eigenvalue weighted by molar-refractivity contribution is 5.86. The predicted molar refractivity (Wildman–Crippen MR) is 103 cm³/mol. The zero-order valence-corrected chi connectivity index (χ0v) is 16.5. The SMILES string of the molecule is CN=C(NCC(=O)NC1CCCCC1)N1CCC(OCCCOC)CC1.